The Morgan fingerprint density at radius 1 is 1.00 bits per heavy atom. The van der Waals surface area contributed by atoms with Gasteiger partial charge in [0.1, 0.15) is 12.6 Å². The molecule has 0 aliphatic heterocycles. The van der Waals surface area contributed by atoms with E-state index in [1.165, 1.54) is 4.90 Å². The van der Waals surface area contributed by atoms with Crippen LogP contribution in [0.15, 0.2) is 24.3 Å². The van der Waals surface area contributed by atoms with Gasteiger partial charge >= 0.3 is 12.1 Å². The van der Waals surface area contributed by atoms with Crippen LogP contribution < -0.4 is 27.0 Å². The van der Waals surface area contributed by atoms with Gasteiger partial charge in [-0.1, -0.05) is 26.0 Å². The van der Waals surface area contributed by atoms with E-state index in [1.54, 1.807) is 38.4 Å². The van der Waals surface area contributed by atoms with E-state index in [0.717, 1.165) is 12.1 Å². The lowest BCUT2D eigenvalue weighted by atomic mass is 10.0. The zero-order valence-corrected chi connectivity index (χ0v) is 22.8. The Morgan fingerprint density at radius 3 is 2.19 bits per heavy atom. The van der Waals surface area contributed by atoms with Crippen molar-refractivity contribution in [3.63, 3.8) is 0 Å². The molecule has 12 heteroatoms. The van der Waals surface area contributed by atoms with E-state index in [4.69, 9.17) is 10.5 Å². The molecule has 0 aliphatic carbocycles. The van der Waals surface area contributed by atoms with Crippen LogP contribution >= 0.6 is 0 Å². The molecule has 37 heavy (non-hydrogen) atoms. The monoisotopic (exact) mass is 521 g/mol. The van der Waals surface area contributed by atoms with Gasteiger partial charge in [0.25, 0.3) is 0 Å². The lowest BCUT2D eigenvalue weighted by Gasteiger charge is -2.24. The highest BCUT2D eigenvalue weighted by molar-refractivity contribution is 5.97. The molecule has 5 amide bonds. The van der Waals surface area contributed by atoms with Crippen LogP contribution in [0.4, 0.5) is 15.3 Å². The van der Waals surface area contributed by atoms with Gasteiger partial charge in [-0.15, -0.1) is 0 Å². The molecule has 1 rings (SSSR count). The first-order chi connectivity index (χ1) is 17.4. The molecule has 0 saturated heterocycles. The number of nitrogens with one attached hydrogen (secondary N) is 4. The predicted octanol–water partition coefficient (Wildman–Crippen LogP) is 0.932. The second-order valence-corrected chi connectivity index (χ2v) is 9.47. The van der Waals surface area contributed by atoms with Gasteiger partial charge in [-0.05, 0) is 57.6 Å². The summed E-state index contributed by atoms with van der Waals surface area (Å²) >= 11 is 0. The number of hydrogen-bond acceptors (Lipinski definition) is 7. The van der Waals surface area contributed by atoms with Gasteiger partial charge in [0.2, 0.25) is 11.8 Å². The Hall–Kier alpha value is -3.38. The summed E-state index contributed by atoms with van der Waals surface area (Å²) in [6.45, 7) is 5.49. The number of carbonyl (C=O) groups excluding carboxylic acids is 4. The average Bonchev–Trinajstić information content (AvgIpc) is 2.83. The van der Waals surface area contributed by atoms with Gasteiger partial charge in [0, 0.05) is 32.4 Å². The number of ether oxygens (including phenoxy) is 1. The number of rotatable bonds is 15. The highest BCUT2D eigenvalue weighted by Crippen LogP contribution is 2.13. The van der Waals surface area contributed by atoms with Crippen LogP contribution in [0.3, 0.4) is 0 Å². The van der Waals surface area contributed by atoms with Crippen LogP contribution in [0.25, 0.3) is 0 Å². The molecule has 0 fully saturated rings. The normalized spacial score (nSPS) is 12.5. The van der Waals surface area contributed by atoms with Crippen molar-refractivity contribution in [3.05, 3.63) is 29.8 Å². The Bertz CT molecular complexity index is 877. The van der Waals surface area contributed by atoms with E-state index in [9.17, 15) is 19.2 Å². The molecule has 0 unspecified atom stereocenters. The number of anilines is 1. The van der Waals surface area contributed by atoms with E-state index in [1.807, 2.05) is 32.8 Å². The van der Waals surface area contributed by atoms with Crippen LogP contribution in [0.2, 0.25) is 0 Å². The van der Waals surface area contributed by atoms with E-state index in [-0.39, 0.29) is 30.9 Å². The number of urea groups is 1. The highest BCUT2D eigenvalue weighted by atomic mass is 16.6. The molecule has 6 N–H and O–H groups in total. The number of amides is 5. The molecule has 2 atom stereocenters. The molecule has 0 bridgehead atoms. The number of nitrogens with two attached hydrogens (primary N) is 1. The van der Waals surface area contributed by atoms with E-state index >= 15 is 0 Å². The van der Waals surface area contributed by atoms with Crippen molar-refractivity contribution < 1.29 is 23.9 Å². The summed E-state index contributed by atoms with van der Waals surface area (Å²) in [6, 6.07) is 5.00. The SMILES string of the molecule is CN[C@H](C(=O)N[C@@H](CCCNC(N)=O)C(=O)Nc1ccc(COC(=O)N(C)CCN(C)C)cc1)C(C)C. The summed E-state index contributed by atoms with van der Waals surface area (Å²) in [5.41, 5.74) is 6.39. The molecule has 0 aromatic heterocycles. The van der Waals surface area contributed by atoms with E-state index < -0.39 is 24.2 Å². The van der Waals surface area contributed by atoms with Crippen molar-refractivity contribution in [1.29, 1.82) is 0 Å². The first kappa shape index (κ1) is 31.6. The van der Waals surface area contributed by atoms with Gasteiger partial charge in [-0.2, -0.15) is 0 Å². The van der Waals surface area contributed by atoms with Crippen molar-refractivity contribution in [2.75, 3.05) is 53.1 Å². The van der Waals surface area contributed by atoms with E-state index in [0.29, 0.717) is 25.1 Å². The number of likely N-dealkylation sites (N-methyl/N-ethyl adjacent to an activating group) is 3. The van der Waals surface area contributed by atoms with Gasteiger partial charge in [0.15, 0.2) is 0 Å². The fraction of sp³-hybridized carbons (Fsp3) is 0.600. The lowest BCUT2D eigenvalue weighted by Crippen LogP contribution is -2.52. The molecule has 0 heterocycles. The van der Waals surface area contributed by atoms with Crippen LogP contribution in [0.1, 0.15) is 32.3 Å². The molecule has 0 aliphatic rings. The quantitative estimate of drug-likeness (QED) is 0.215. The second kappa shape index (κ2) is 16.4. The summed E-state index contributed by atoms with van der Waals surface area (Å²) in [7, 11) is 7.24. The number of primary amides is 1. The molecule has 0 spiro atoms. The van der Waals surface area contributed by atoms with Crippen LogP contribution in [0.5, 0.6) is 0 Å². The number of benzene rings is 1. The number of carbonyl (C=O) groups is 4. The van der Waals surface area contributed by atoms with Gasteiger partial charge in [-0.3, -0.25) is 9.59 Å². The minimum absolute atomic E-state index is 0.0275. The fourth-order valence-electron chi connectivity index (χ4n) is 3.43. The van der Waals surface area contributed by atoms with Gasteiger partial charge in [0.05, 0.1) is 6.04 Å². The van der Waals surface area contributed by atoms with Crippen molar-refractivity contribution in [3.8, 4) is 0 Å². The van der Waals surface area contributed by atoms with Gasteiger partial charge in [-0.25, -0.2) is 9.59 Å². The number of nitrogens with zero attached hydrogens (tertiary/aromatic N) is 2. The Morgan fingerprint density at radius 2 is 1.65 bits per heavy atom. The molecule has 1 aromatic rings. The van der Waals surface area contributed by atoms with Gasteiger partial charge < -0.3 is 41.5 Å². The largest absolute Gasteiger partial charge is 0.445 e. The molecular weight excluding hydrogens is 478 g/mol. The molecule has 0 radical (unpaired) electrons. The lowest BCUT2D eigenvalue weighted by molar-refractivity contribution is -0.128. The first-order valence-electron chi connectivity index (χ1n) is 12.4. The maximum absolute atomic E-state index is 13.0. The van der Waals surface area contributed by atoms with Crippen LogP contribution in [-0.4, -0.2) is 93.6 Å². The third kappa shape index (κ3) is 12.4. The Labute approximate surface area is 219 Å². The smallest absolute Gasteiger partial charge is 0.409 e. The summed E-state index contributed by atoms with van der Waals surface area (Å²) in [5, 5.41) is 11.1. The standard InChI is InChI=1S/C25H43N7O5/c1-17(2)21(27-3)23(34)30-20(8-7-13-28-24(26)35)22(33)29-19-11-9-18(10-12-19)16-37-25(36)32(6)15-14-31(4)5/h9-12,17,20-21,27H,7-8,13-16H2,1-6H3,(H,29,33)(H,30,34)(H3,26,28,35)/t20-,21-/m0/s1. The van der Waals surface area contributed by atoms with Crippen molar-refractivity contribution >= 4 is 29.6 Å². The minimum atomic E-state index is -0.810. The molecule has 208 valence electrons. The Balaban J connectivity index is 2.74. The van der Waals surface area contributed by atoms with Crippen LogP contribution in [0, 0.1) is 5.92 Å². The molecule has 12 nitrogen and oxygen atoms in total. The summed E-state index contributed by atoms with van der Waals surface area (Å²) in [6.07, 6.45) is 0.340. The number of hydrogen-bond donors (Lipinski definition) is 5. The van der Waals surface area contributed by atoms with Crippen molar-refractivity contribution in [2.24, 2.45) is 11.7 Å². The maximum atomic E-state index is 13.0. The third-order valence-corrected chi connectivity index (χ3v) is 5.64. The predicted molar refractivity (Wildman–Crippen MR) is 143 cm³/mol. The minimum Gasteiger partial charge on any atom is -0.445 e. The zero-order chi connectivity index (χ0) is 28.0. The molecule has 0 saturated carbocycles. The Kier molecular flexibility index (Phi) is 14.0. The zero-order valence-electron chi connectivity index (χ0n) is 22.8. The first-order valence-corrected chi connectivity index (χ1v) is 12.4. The highest BCUT2D eigenvalue weighted by Gasteiger charge is 2.26. The second-order valence-electron chi connectivity index (χ2n) is 9.47. The molecular formula is C25H43N7O5. The fourth-order valence-corrected chi connectivity index (χ4v) is 3.43. The summed E-state index contributed by atoms with van der Waals surface area (Å²) in [4.78, 5) is 52.3. The average molecular weight is 522 g/mol. The molecule has 1 aromatic carbocycles. The summed E-state index contributed by atoms with van der Waals surface area (Å²) in [5.74, 6) is -0.638. The van der Waals surface area contributed by atoms with Crippen molar-refractivity contribution in [1.82, 2.24) is 25.8 Å². The van der Waals surface area contributed by atoms with Crippen LogP contribution in [-0.2, 0) is 20.9 Å². The topological polar surface area (TPSA) is 158 Å². The van der Waals surface area contributed by atoms with E-state index in [2.05, 4.69) is 21.3 Å². The maximum Gasteiger partial charge on any atom is 0.409 e. The third-order valence-electron chi connectivity index (χ3n) is 5.64. The summed E-state index contributed by atoms with van der Waals surface area (Å²) < 4.78 is 5.34. The van der Waals surface area contributed by atoms with Crippen molar-refractivity contribution in [2.45, 2.75) is 45.4 Å².